The predicted molar refractivity (Wildman–Crippen MR) is 110 cm³/mol. The molecule has 0 unspecified atom stereocenters. The van der Waals surface area contributed by atoms with E-state index in [9.17, 15) is 29.9 Å². The highest BCUT2D eigenvalue weighted by molar-refractivity contribution is 6.32. The van der Waals surface area contributed by atoms with Crippen molar-refractivity contribution in [1.29, 1.82) is 0 Å². The number of aromatic nitrogens is 1. The number of carbonyl (C=O) groups excluding carboxylic acids is 2. The minimum atomic E-state index is -0.747. The molecule has 2 N–H and O–H groups in total. The topological polar surface area (TPSA) is 131 Å². The average molecular weight is 412 g/mol. The van der Waals surface area contributed by atoms with Crippen molar-refractivity contribution < 1.29 is 24.7 Å². The third-order valence-electron chi connectivity index (χ3n) is 5.35. The monoisotopic (exact) mass is 412 g/mol. The van der Waals surface area contributed by atoms with Crippen LogP contribution in [0.25, 0.3) is 22.0 Å². The summed E-state index contributed by atoms with van der Waals surface area (Å²) < 4.78 is 0. The molecule has 0 radical (unpaired) electrons. The van der Waals surface area contributed by atoms with Crippen molar-refractivity contribution >= 4 is 28.0 Å². The second kappa shape index (κ2) is 6.46. The first-order chi connectivity index (χ1) is 14.9. The Bertz CT molecular complexity index is 1470. The molecular formula is C23H12N2O6. The van der Waals surface area contributed by atoms with Crippen LogP contribution in [0.2, 0.25) is 0 Å². The van der Waals surface area contributed by atoms with Gasteiger partial charge in [0.25, 0.3) is 5.69 Å². The highest BCUT2D eigenvalue weighted by Gasteiger charge is 2.37. The number of benzene rings is 3. The number of carbonyl (C=O) groups is 2. The van der Waals surface area contributed by atoms with E-state index < -0.39 is 28.0 Å². The first-order valence-electron chi connectivity index (χ1n) is 9.21. The van der Waals surface area contributed by atoms with E-state index in [1.54, 1.807) is 18.2 Å². The summed E-state index contributed by atoms with van der Waals surface area (Å²) in [5, 5.41) is 33.2. The molecule has 0 bridgehead atoms. The molecule has 1 heterocycles. The van der Waals surface area contributed by atoms with Gasteiger partial charge in [-0.25, -0.2) is 4.98 Å². The molecule has 31 heavy (non-hydrogen) atoms. The Morgan fingerprint density at radius 1 is 0.742 bits per heavy atom. The van der Waals surface area contributed by atoms with Gasteiger partial charge >= 0.3 is 0 Å². The highest BCUT2D eigenvalue weighted by Crippen LogP contribution is 2.44. The zero-order valence-corrected chi connectivity index (χ0v) is 15.7. The van der Waals surface area contributed by atoms with Gasteiger partial charge in [0.05, 0.1) is 32.9 Å². The van der Waals surface area contributed by atoms with Crippen LogP contribution in [0, 0.1) is 10.1 Å². The van der Waals surface area contributed by atoms with E-state index >= 15 is 0 Å². The number of hydrogen-bond acceptors (Lipinski definition) is 7. The molecule has 8 heteroatoms. The van der Waals surface area contributed by atoms with Crippen molar-refractivity contribution in [3.8, 4) is 22.8 Å². The van der Waals surface area contributed by atoms with E-state index in [-0.39, 0.29) is 50.1 Å². The maximum atomic E-state index is 13.3. The van der Waals surface area contributed by atoms with Gasteiger partial charge in [0.2, 0.25) is 5.78 Å². The number of para-hydroxylation sites is 1. The Morgan fingerprint density at radius 3 is 1.97 bits per heavy atom. The Kier molecular flexibility index (Phi) is 3.84. The Balaban J connectivity index is 1.77. The van der Waals surface area contributed by atoms with Gasteiger partial charge in [-0.1, -0.05) is 36.4 Å². The number of pyridine rings is 1. The maximum absolute atomic E-state index is 13.3. The predicted octanol–water partition coefficient (Wildman–Crippen LogP) is 4.00. The molecule has 0 amide bonds. The van der Waals surface area contributed by atoms with Crippen LogP contribution in [0.4, 0.5) is 5.69 Å². The number of ketones is 2. The molecule has 5 rings (SSSR count). The van der Waals surface area contributed by atoms with Crippen molar-refractivity contribution in [3.05, 3.63) is 93.2 Å². The SMILES string of the molecule is O=C1c2ccc(-c3ccccc3[N+](=O)[O-])nc2C(=O)c2c1c(O)c1ccccc1c2O. The standard InChI is InChI=1S/C23H12N2O6/c26-20-11-5-1-2-6-12(11)21(27)18-17(20)22(28)14-9-10-15(24-19(14)23(18)29)13-7-3-4-8-16(13)25(30)31/h1-10,26-27H. The van der Waals surface area contributed by atoms with E-state index in [0.717, 1.165) is 0 Å². The molecule has 0 spiro atoms. The normalized spacial score (nSPS) is 12.5. The molecule has 3 aromatic carbocycles. The highest BCUT2D eigenvalue weighted by atomic mass is 16.6. The van der Waals surface area contributed by atoms with E-state index in [4.69, 9.17) is 0 Å². The van der Waals surface area contributed by atoms with E-state index in [0.29, 0.717) is 0 Å². The number of hydrogen-bond donors (Lipinski definition) is 2. The zero-order valence-electron chi connectivity index (χ0n) is 15.7. The third-order valence-corrected chi connectivity index (χ3v) is 5.35. The van der Waals surface area contributed by atoms with E-state index in [1.807, 2.05) is 0 Å². The van der Waals surface area contributed by atoms with Crippen LogP contribution in [-0.2, 0) is 0 Å². The van der Waals surface area contributed by atoms with Crippen molar-refractivity contribution in [2.45, 2.75) is 0 Å². The fraction of sp³-hybridized carbons (Fsp3) is 0. The van der Waals surface area contributed by atoms with Gasteiger partial charge in [-0.2, -0.15) is 0 Å². The lowest BCUT2D eigenvalue weighted by Crippen LogP contribution is -2.23. The van der Waals surface area contributed by atoms with Crippen LogP contribution < -0.4 is 0 Å². The number of aromatic hydroxyl groups is 2. The Morgan fingerprint density at radius 2 is 1.32 bits per heavy atom. The summed E-state index contributed by atoms with van der Waals surface area (Å²) in [5.74, 6) is -2.23. The second-order valence-corrected chi connectivity index (χ2v) is 7.02. The van der Waals surface area contributed by atoms with Crippen LogP contribution in [0.1, 0.15) is 32.0 Å². The van der Waals surface area contributed by atoms with Gasteiger partial charge in [0.1, 0.15) is 17.2 Å². The Labute approximate surface area is 174 Å². The lowest BCUT2D eigenvalue weighted by Gasteiger charge is -2.21. The van der Waals surface area contributed by atoms with Gasteiger partial charge in [-0.15, -0.1) is 0 Å². The zero-order chi connectivity index (χ0) is 21.9. The molecular weight excluding hydrogens is 400 g/mol. The van der Waals surface area contributed by atoms with Gasteiger partial charge in [-0.05, 0) is 18.2 Å². The third kappa shape index (κ3) is 2.52. The number of nitro groups is 1. The van der Waals surface area contributed by atoms with Crippen molar-refractivity contribution in [3.63, 3.8) is 0 Å². The minimum Gasteiger partial charge on any atom is -0.506 e. The fourth-order valence-electron chi connectivity index (χ4n) is 3.91. The number of phenolic OH excluding ortho intramolecular Hbond substituents is 2. The number of nitro benzene ring substituents is 1. The van der Waals surface area contributed by atoms with Crippen molar-refractivity contribution in [1.82, 2.24) is 4.98 Å². The number of phenols is 2. The molecule has 1 aliphatic carbocycles. The summed E-state index contributed by atoms with van der Waals surface area (Å²) in [5.41, 5.74) is -0.777. The largest absolute Gasteiger partial charge is 0.506 e. The van der Waals surface area contributed by atoms with Crippen LogP contribution in [0.3, 0.4) is 0 Å². The van der Waals surface area contributed by atoms with Gasteiger partial charge in [0, 0.05) is 16.8 Å². The average Bonchev–Trinajstić information content (AvgIpc) is 2.79. The molecule has 150 valence electrons. The molecule has 1 aromatic heterocycles. The fourth-order valence-corrected chi connectivity index (χ4v) is 3.91. The van der Waals surface area contributed by atoms with E-state index in [2.05, 4.69) is 4.98 Å². The summed E-state index contributed by atoms with van der Waals surface area (Å²) in [7, 11) is 0. The molecule has 4 aromatic rings. The molecule has 0 atom stereocenters. The Hall–Kier alpha value is -4.59. The summed E-state index contributed by atoms with van der Waals surface area (Å²) in [6.45, 7) is 0. The van der Waals surface area contributed by atoms with Gasteiger partial charge in [0.15, 0.2) is 5.78 Å². The number of nitrogens with zero attached hydrogens (tertiary/aromatic N) is 2. The van der Waals surface area contributed by atoms with E-state index in [1.165, 1.54) is 42.5 Å². The summed E-state index contributed by atoms with van der Waals surface area (Å²) in [4.78, 5) is 41.4. The molecule has 8 nitrogen and oxygen atoms in total. The van der Waals surface area contributed by atoms with Crippen LogP contribution in [0.15, 0.2) is 60.7 Å². The smallest absolute Gasteiger partial charge is 0.278 e. The lowest BCUT2D eigenvalue weighted by molar-refractivity contribution is -0.384. The minimum absolute atomic E-state index is 0.0511. The van der Waals surface area contributed by atoms with Crippen LogP contribution in [0.5, 0.6) is 11.5 Å². The summed E-state index contributed by atoms with van der Waals surface area (Å²) >= 11 is 0. The van der Waals surface area contributed by atoms with Crippen molar-refractivity contribution in [2.75, 3.05) is 0 Å². The van der Waals surface area contributed by atoms with Gasteiger partial charge < -0.3 is 10.2 Å². The second-order valence-electron chi connectivity index (χ2n) is 7.02. The first-order valence-corrected chi connectivity index (χ1v) is 9.21. The molecule has 0 fully saturated rings. The summed E-state index contributed by atoms with van der Waals surface area (Å²) in [6, 6.07) is 15.0. The van der Waals surface area contributed by atoms with Crippen LogP contribution in [-0.4, -0.2) is 31.7 Å². The quantitative estimate of drug-likeness (QED) is 0.255. The molecule has 0 saturated heterocycles. The number of fused-ring (bicyclic) bond motifs is 3. The van der Waals surface area contributed by atoms with Gasteiger partial charge in [-0.3, -0.25) is 19.7 Å². The summed E-state index contributed by atoms with van der Waals surface area (Å²) in [6.07, 6.45) is 0. The van der Waals surface area contributed by atoms with Crippen molar-refractivity contribution in [2.24, 2.45) is 0 Å². The molecule has 0 aliphatic heterocycles. The molecule has 0 saturated carbocycles. The maximum Gasteiger partial charge on any atom is 0.278 e. The first kappa shape index (κ1) is 18.4. The lowest BCUT2D eigenvalue weighted by atomic mass is 9.83. The molecule has 1 aliphatic rings. The van der Waals surface area contributed by atoms with Crippen LogP contribution >= 0.6 is 0 Å². The number of rotatable bonds is 2.